The summed E-state index contributed by atoms with van der Waals surface area (Å²) >= 11 is 0. The van der Waals surface area contributed by atoms with E-state index in [0.29, 0.717) is 29.3 Å². The number of nitrogens with zero attached hydrogens (tertiary/aromatic N) is 3. The molecule has 10 N–H and O–H groups in total. The number of benzene rings is 2. The highest BCUT2D eigenvalue weighted by Gasteiger charge is 2.45. The lowest BCUT2D eigenvalue weighted by Gasteiger charge is -2.39. The van der Waals surface area contributed by atoms with Crippen molar-refractivity contribution < 1.29 is 58.6 Å². The Balaban J connectivity index is 1.03. The number of fused-ring (bicyclic) bond motifs is 2. The number of aliphatic hydroxyl groups is 4. The van der Waals surface area contributed by atoms with E-state index in [1.807, 2.05) is 13.8 Å². The summed E-state index contributed by atoms with van der Waals surface area (Å²) in [6.07, 6.45) is -1.71. The Bertz CT molecular complexity index is 2180. The molecule has 3 aliphatic heterocycles. The number of nitrogens with one attached hydrogen (secondary N) is 4. The zero-order valence-electron chi connectivity index (χ0n) is 35.5. The van der Waals surface area contributed by atoms with Crippen molar-refractivity contribution in [2.45, 2.75) is 102 Å². The van der Waals surface area contributed by atoms with E-state index in [-0.39, 0.29) is 66.0 Å². The van der Waals surface area contributed by atoms with Crippen LogP contribution in [-0.4, -0.2) is 134 Å². The van der Waals surface area contributed by atoms with Crippen molar-refractivity contribution in [1.82, 2.24) is 14.8 Å². The number of aliphatic hydroxyl groups excluding tert-OH is 4. The molecule has 2 saturated heterocycles. The van der Waals surface area contributed by atoms with Crippen LogP contribution in [0.5, 0.6) is 11.5 Å². The molecular weight excluding hydrogens is 821 g/mol. The van der Waals surface area contributed by atoms with Gasteiger partial charge in [0, 0.05) is 49.9 Å². The van der Waals surface area contributed by atoms with Crippen molar-refractivity contribution in [2.24, 2.45) is 23.7 Å². The molecule has 63 heavy (non-hydrogen) atoms. The highest BCUT2D eigenvalue weighted by Crippen LogP contribution is 2.40. The highest BCUT2D eigenvalue weighted by atomic mass is 16.7. The number of nitrogens with two attached hydrogens (primary N) is 1. The standard InChI is InChI=1S/C43H56N8O12/c1-22(2)35(44)41(59)46-23(3)39(57)48-24-10-12-25(13-11-24)49-40(58)30-16-26(20-50(30)4)47-34(53)9-7-15-61-31-18-29-28(42(60)51-14-6-5-8-27(51)19-45-29)17-32(31)62-43-38(56)37(55)36(54)33(21-52)63-43/h10-13,16-20,22-23,27,33,35-38,43,52,54-56H,5-9,14-15,21,44H2,1-4H3,(H,46,59)(H,47,53)(H,48,57)(H,49,58)/t23-,27-,33+,35-,36+,37-,38+,43+/m0/s1. The van der Waals surface area contributed by atoms with Gasteiger partial charge < -0.3 is 71.1 Å². The molecule has 5 amide bonds. The summed E-state index contributed by atoms with van der Waals surface area (Å²) in [4.78, 5) is 71.1. The molecule has 0 unspecified atom stereocenters. The third-order valence-corrected chi connectivity index (χ3v) is 11.1. The summed E-state index contributed by atoms with van der Waals surface area (Å²) < 4.78 is 19.1. The lowest BCUT2D eigenvalue weighted by Crippen LogP contribution is -2.60. The van der Waals surface area contributed by atoms with Gasteiger partial charge in [-0.3, -0.25) is 29.0 Å². The molecular formula is C43H56N8O12. The first kappa shape index (κ1) is 46.6. The maximum absolute atomic E-state index is 13.7. The normalized spacial score (nSPS) is 22.8. The van der Waals surface area contributed by atoms with Crippen LogP contribution in [0.4, 0.5) is 22.7 Å². The van der Waals surface area contributed by atoms with E-state index in [0.717, 1.165) is 19.3 Å². The second-order valence-electron chi connectivity index (χ2n) is 16.2. The molecule has 340 valence electrons. The Kier molecular flexibility index (Phi) is 15.2. The number of amides is 5. The number of aliphatic imine (C=N–C) groups is 1. The van der Waals surface area contributed by atoms with Crippen LogP contribution in [0.25, 0.3) is 0 Å². The lowest BCUT2D eigenvalue weighted by molar-refractivity contribution is -0.277. The minimum absolute atomic E-state index is 0.00281. The number of aromatic nitrogens is 1. The van der Waals surface area contributed by atoms with E-state index in [4.69, 9.17) is 19.9 Å². The average molecular weight is 877 g/mol. The molecule has 8 atom stereocenters. The Morgan fingerprint density at radius 2 is 1.63 bits per heavy atom. The van der Waals surface area contributed by atoms with Gasteiger partial charge in [-0.2, -0.15) is 0 Å². The molecule has 3 aliphatic rings. The third kappa shape index (κ3) is 11.2. The van der Waals surface area contributed by atoms with Crippen LogP contribution in [0, 0.1) is 5.92 Å². The van der Waals surface area contributed by atoms with Gasteiger partial charge >= 0.3 is 0 Å². The van der Waals surface area contributed by atoms with Gasteiger partial charge in [0.1, 0.15) is 36.2 Å². The van der Waals surface area contributed by atoms with E-state index < -0.39 is 67.1 Å². The number of aryl methyl sites for hydroxylation is 1. The molecule has 0 radical (unpaired) electrons. The number of ether oxygens (including phenoxy) is 3. The molecule has 1 aromatic heterocycles. The molecule has 20 nitrogen and oxygen atoms in total. The molecule has 0 aliphatic carbocycles. The second-order valence-corrected chi connectivity index (χ2v) is 16.2. The molecule has 0 bridgehead atoms. The van der Waals surface area contributed by atoms with Gasteiger partial charge in [-0.1, -0.05) is 13.8 Å². The Morgan fingerprint density at radius 1 is 0.921 bits per heavy atom. The van der Waals surface area contributed by atoms with E-state index >= 15 is 0 Å². The molecule has 3 aromatic rings. The molecule has 0 spiro atoms. The van der Waals surface area contributed by atoms with E-state index in [9.17, 15) is 44.4 Å². The maximum atomic E-state index is 13.7. The fourth-order valence-corrected chi connectivity index (χ4v) is 7.27. The lowest BCUT2D eigenvalue weighted by atomic mass is 9.99. The van der Waals surface area contributed by atoms with Crippen LogP contribution in [-0.2, 0) is 26.2 Å². The smallest absolute Gasteiger partial charge is 0.272 e. The van der Waals surface area contributed by atoms with Crippen molar-refractivity contribution in [3.8, 4) is 11.5 Å². The number of carbonyl (C=O) groups is 5. The first-order valence-corrected chi connectivity index (χ1v) is 20.9. The van der Waals surface area contributed by atoms with Crippen molar-refractivity contribution >= 4 is 58.5 Å². The van der Waals surface area contributed by atoms with Crippen LogP contribution >= 0.6 is 0 Å². The first-order valence-electron chi connectivity index (χ1n) is 20.9. The molecule has 2 fully saturated rings. The first-order chi connectivity index (χ1) is 30.0. The summed E-state index contributed by atoms with van der Waals surface area (Å²) in [7, 11) is 1.65. The third-order valence-electron chi connectivity index (χ3n) is 11.1. The Labute approximate surface area is 363 Å². The largest absolute Gasteiger partial charge is 0.490 e. The van der Waals surface area contributed by atoms with E-state index in [1.54, 1.807) is 60.1 Å². The summed E-state index contributed by atoms with van der Waals surface area (Å²) in [6, 6.07) is 9.11. The maximum Gasteiger partial charge on any atom is 0.272 e. The van der Waals surface area contributed by atoms with E-state index in [2.05, 4.69) is 26.3 Å². The summed E-state index contributed by atoms with van der Waals surface area (Å²) in [5.74, 6) is -1.96. The fraction of sp³-hybridized carbons (Fsp3) is 0.488. The number of carbonyl (C=O) groups excluding carboxylic acids is 5. The molecule has 4 heterocycles. The number of rotatable bonds is 16. The number of hydrogen-bond donors (Lipinski definition) is 9. The molecule has 2 aromatic carbocycles. The van der Waals surface area contributed by atoms with Crippen LogP contribution < -0.4 is 36.5 Å². The zero-order valence-corrected chi connectivity index (χ0v) is 35.5. The summed E-state index contributed by atoms with van der Waals surface area (Å²) in [5, 5.41) is 51.9. The predicted molar refractivity (Wildman–Crippen MR) is 230 cm³/mol. The summed E-state index contributed by atoms with van der Waals surface area (Å²) in [5.41, 5.74) is 7.93. The van der Waals surface area contributed by atoms with Gasteiger partial charge in [-0.25, -0.2) is 0 Å². The quantitative estimate of drug-likeness (QED) is 0.0922. The van der Waals surface area contributed by atoms with Gasteiger partial charge in [-0.05, 0) is 74.9 Å². The van der Waals surface area contributed by atoms with Crippen LogP contribution in [0.15, 0.2) is 53.7 Å². The van der Waals surface area contributed by atoms with Crippen LogP contribution in [0.2, 0.25) is 0 Å². The minimum Gasteiger partial charge on any atom is -0.490 e. The van der Waals surface area contributed by atoms with E-state index in [1.165, 1.54) is 18.2 Å². The molecule has 0 saturated carbocycles. The minimum atomic E-state index is -1.72. The van der Waals surface area contributed by atoms with Crippen molar-refractivity contribution in [1.29, 1.82) is 0 Å². The van der Waals surface area contributed by atoms with Crippen LogP contribution in [0.3, 0.4) is 0 Å². The number of piperidine rings is 1. The molecule has 20 heteroatoms. The van der Waals surface area contributed by atoms with Crippen molar-refractivity contribution in [2.75, 3.05) is 35.7 Å². The van der Waals surface area contributed by atoms with Gasteiger partial charge in [0.05, 0.1) is 42.2 Å². The fourth-order valence-electron chi connectivity index (χ4n) is 7.27. The van der Waals surface area contributed by atoms with Gasteiger partial charge in [-0.15, -0.1) is 0 Å². The predicted octanol–water partition coefficient (Wildman–Crippen LogP) is 1.39. The van der Waals surface area contributed by atoms with Crippen molar-refractivity contribution in [3.63, 3.8) is 0 Å². The second kappa shape index (κ2) is 20.5. The van der Waals surface area contributed by atoms with Gasteiger partial charge in [0.15, 0.2) is 11.5 Å². The summed E-state index contributed by atoms with van der Waals surface area (Å²) in [6.45, 7) is 5.05. The Morgan fingerprint density at radius 3 is 2.33 bits per heavy atom. The monoisotopic (exact) mass is 876 g/mol. The highest BCUT2D eigenvalue weighted by molar-refractivity contribution is 6.05. The topological polar surface area (TPSA) is 289 Å². The average Bonchev–Trinajstić information content (AvgIpc) is 3.57. The molecule has 6 rings (SSSR count). The SMILES string of the molecule is CC(C)[C@H](N)C(=O)N[C@@H](C)C(=O)Nc1ccc(NC(=O)c2cc(NC(=O)CCCOc3cc4c(cc3O[C@@H]3O[C@H](CO)[C@@H](O)[C@H](O)[C@H]3O)C(=O)N3CCCC[C@H]3C=N4)cn2C)cc1. The zero-order chi connectivity index (χ0) is 45.5. The Hall–Kier alpha value is -5.90. The van der Waals surface area contributed by atoms with Crippen molar-refractivity contribution in [3.05, 3.63) is 59.9 Å². The van der Waals surface area contributed by atoms with Crippen LogP contribution in [0.1, 0.15) is 73.7 Å². The number of hydrogen-bond acceptors (Lipinski definition) is 14. The van der Waals surface area contributed by atoms with Gasteiger partial charge in [0.25, 0.3) is 11.8 Å². The number of anilines is 3. The van der Waals surface area contributed by atoms with Gasteiger partial charge in [0.2, 0.25) is 24.0 Å².